The fourth-order valence-electron chi connectivity index (χ4n) is 1.91. The standard InChI is InChI=1S/C12H22O/c1-3-5-8-12(9-6-4-2)10-7-11-13-12/h7,10H,3-6,8-9,11H2,1-2H3. The Kier molecular flexibility index (Phi) is 4.51. The molecule has 1 aliphatic heterocycles. The summed E-state index contributed by atoms with van der Waals surface area (Å²) in [4.78, 5) is 0. The topological polar surface area (TPSA) is 9.23 Å². The maximum atomic E-state index is 5.83. The van der Waals surface area contributed by atoms with E-state index in [2.05, 4.69) is 26.0 Å². The van der Waals surface area contributed by atoms with Gasteiger partial charge in [0.2, 0.25) is 0 Å². The summed E-state index contributed by atoms with van der Waals surface area (Å²) in [6.07, 6.45) is 12.0. The Labute approximate surface area is 82.2 Å². The molecule has 0 aromatic heterocycles. The molecule has 13 heavy (non-hydrogen) atoms. The first-order valence-corrected chi connectivity index (χ1v) is 5.64. The SMILES string of the molecule is CCCCC1(CCCC)C=CCO1. The second-order valence-corrected chi connectivity index (χ2v) is 3.99. The van der Waals surface area contributed by atoms with Crippen molar-refractivity contribution >= 4 is 0 Å². The highest BCUT2D eigenvalue weighted by Gasteiger charge is 2.29. The summed E-state index contributed by atoms with van der Waals surface area (Å²) in [5, 5.41) is 0. The molecule has 1 rings (SSSR count). The Bertz CT molecular complexity index is 153. The summed E-state index contributed by atoms with van der Waals surface area (Å²) in [6, 6.07) is 0. The van der Waals surface area contributed by atoms with Crippen molar-refractivity contribution < 1.29 is 4.74 Å². The van der Waals surface area contributed by atoms with Gasteiger partial charge in [0, 0.05) is 0 Å². The lowest BCUT2D eigenvalue weighted by Crippen LogP contribution is -2.26. The monoisotopic (exact) mass is 182 g/mol. The maximum absolute atomic E-state index is 5.83. The maximum Gasteiger partial charge on any atom is 0.0867 e. The zero-order chi connectivity index (χ0) is 9.57. The van der Waals surface area contributed by atoms with Gasteiger partial charge >= 0.3 is 0 Å². The molecule has 0 aromatic rings. The van der Waals surface area contributed by atoms with Crippen molar-refractivity contribution in [1.29, 1.82) is 0 Å². The number of rotatable bonds is 6. The molecule has 0 aromatic carbocycles. The minimum absolute atomic E-state index is 0.117. The van der Waals surface area contributed by atoms with E-state index in [0.717, 1.165) is 6.61 Å². The molecule has 0 unspecified atom stereocenters. The summed E-state index contributed by atoms with van der Waals surface area (Å²) in [5.74, 6) is 0. The number of ether oxygens (including phenoxy) is 1. The second kappa shape index (κ2) is 5.43. The Morgan fingerprint density at radius 2 is 1.77 bits per heavy atom. The fraction of sp³-hybridized carbons (Fsp3) is 0.833. The third-order valence-corrected chi connectivity index (χ3v) is 2.80. The van der Waals surface area contributed by atoms with Crippen LogP contribution in [0.2, 0.25) is 0 Å². The van der Waals surface area contributed by atoms with E-state index in [-0.39, 0.29) is 5.60 Å². The second-order valence-electron chi connectivity index (χ2n) is 3.99. The van der Waals surface area contributed by atoms with E-state index in [4.69, 9.17) is 4.74 Å². The molecule has 0 spiro atoms. The highest BCUT2D eigenvalue weighted by molar-refractivity contribution is 5.07. The van der Waals surface area contributed by atoms with Gasteiger partial charge < -0.3 is 4.74 Å². The number of hydrogen-bond donors (Lipinski definition) is 0. The Morgan fingerprint density at radius 1 is 1.15 bits per heavy atom. The van der Waals surface area contributed by atoms with Crippen molar-refractivity contribution in [2.45, 2.75) is 58.0 Å². The molecule has 0 bridgehead atoms. The van der Waals surface area contributed by atoms with E-state index in [1.54, 1.807) is 0 Å². The van der Waals surface area contributed by atoms with Crippen LogP contribution in [0.25, 0.3) is 0 Å². The van der Waals surface area contributed by atoms with Gasteiger partial charge in [-0.15, -0.1) is 0 Å². The van der Waals surface area contributed by atoms with Crippen LogP contribution in [0.1, 0.15) is 52.4 Å². The zero-order valence-electron chi connectivity index (χ0n) is 9.01. The third-order valence-electron chi connectivity index (χ3n) is 2.80. The van der Waals surface area contributed by atoms with Crippen LogP contribution in [0, 0.1) is 0 Å². The van der Waals surface area contributed by atoms with Gasteiger partial charge in [-0.2, -0.15) is 0 Å². The van der Waals surface area contributed by atoms with Crippen LogP contribution in [0.3, 0.4) is 0 Å². The molecule has 0 radical (unpaired) electrons. The molecular formula is C12H22O. The molecule has 0 saturated heterocycles. The molecule has 0 N–H and O–H groups in total. The van der Waals surface area contributed by atoms with Gasteiger partial charge in [0.1, 0.15) is 0 Å². The van der Waals surface area contributed by atoms with Crippen molar-refractivity contribution in [2.75, 3.05) is 6.61 Å². The van der Waals surface area contributed by atoms with E-state index in [1.807, 2.05) is 0 Å². The summed E-state index contributed by atoms with van der Waals surface area (Å²) < 4.78 is 5.83. The highest BCUT2D eigenvalue weighted by atomic mass is 16.5. The quantitative estimate of drug-likeness (QED) is 0.569. The molecule has 1 aliphatic rings. The van der Waals surface area contributed by atoms with Crippen LogP contribution in [-0.2, 0) is 4.74 Å². The largest absolute Gasteiger partial charge is 0.367 e. The van der Waals surface area contributed by atoms with Crippen molar-refractivity contribution in [2.24, 2.45) is 0 Å². The molecule has 0 atom stereocenters. The first kappa shape index (κ1) is 10.8. The molecule has 76 valence electrons. The molecule has 0 saturated carbocycles. The number of unbranched alkanes of at least 4 members (excludes halogenated alkanes) is 2. The summed E-state index contributed by atoms with van der Waals surface area (Å²) in [5.41, 5.74) is 0.117. The van der Waals surface area contributed by atoms with E-state index in [1.165, 1.54) is 38.5 Å². The van der Waals surface area contributed by atoms with Crippen LogP contribution in [0.5, 0.6) is 0 Å². The van der Waals surface area contributed by atoms with Crippen molar-refractivity contribution in [3.05, 3.63) is 12.2 Å². The smallest absolute Gasteiger partial charge is 0.0867 e. The van der Waals surface area contributed by atoms with E-state index in [9.17, 15) is 0 Å². The molecule has 0 aliphatic carbocycles. The van der Waals surface area contributed by atoms with Gasteiger partial charge in [0.05, 0.1) is 12.2 Å². The third kappa shape index (κ3) is 3.15. The average molecular weight is 182 g/mol. The van der Waals surface area contributed by atoms with Crippen LogP contribution >= 0.6 is 0 Å². The van der Waals surface area contributed by atoms with Crippen molar-refractivity contribution in [3.8, 4) is 0 Å². The van der Waals surface area contributed by atoms with Gasteiger partial charge in [0.15, 0.2) is 0 Å². The van der Waals surface area contributed by atoms with E-state index in [0.29, 0.717) is 0 Å². The minimum Gasteiger partial charge on any atom is -0.367 e. The summed E-state index contributed by atoms with van der Waals surface area (Å²) in [6.45, 7) is 5.31. The van der Waals surface area contributed by atoms with Gasteiger partial charge in [0.25, 0.3) is 0 Å². The van der Waals surface area contributed by atoms with E-state index < -0.39 is 0 Å². The molecule has 0 amide bonds. The van der Waals surface area contributed by atoms with Gasteiger partial charge in [-0.1, -0.05) is 51.7 Å². The molecule has 0 fully saturated rings. The van der Waals surface area contributed by atoms with Gasteiger partial charge in [-0.05, 0) is 12.8 Å². The zero-order valence-corrected chi connectivity index (χ0v) is 9.01. The van der Waals surface area contributed by atoms with Gasteiger partial charge in [-0.25, -0.2) is 0 Å². The lowest BCUT2D eigenvalue weighted by Gasteiger charge is -2.27. The minimum atomic E-state index is 0.117. The van der Waals surface area contributed by atoms with Crippen LogP contribution in [0.15, 0.2) is 12.2 Å². The summed E-state index contributed by atoms with van der Waals surface area (Å²) >= 11 is 0. The van der Waals surface area contributed by atoms with Crippen LogP contribution < -0.4 is 0 Å². The van der Waals surface area contributed by atoms with Crippen molar-refractivity contribution in [3.63, 3.8) is 0 Å². The van der Waals surface area contributed by atoms with Crippen molar-refractivity contribution in [1.82, 2.24) is 0 Å². The Hall–Kier alpha value is -0.300. The lowest BCUT2D eigenvalue weighted by atomic mass is 9.91. The molecule has 1 heteroatoms. The predicted octanol–water partition coefficient (Wildman–Crippen LogP) is 3.69. The Balaban J connectivity index is 2.38. The first-order chi connectivity index (χ1) is 6.33. The van der Waals surface area contributed by atoms with Gasteiger partial charge in [-0.3, -0.25) is 0 Å². The molecule has 1 nitrogen and oxygen atoms in total. The first-order valence-electron chi connectivity index (χ1n) is 5.64. The molecular weight excluding hydrogens is 160 g/mol. The fourth-order valence-corrected chi connectivity index (χ4v) is 1.91. The lowest BCUT2D eigenvalue weighted by molar-refractivity contribution is 0.00911. The van der Waals surface area contributed by atoms with Crippen LogP contribution in [-0.4, -0.2) is 12.2 Å². The molecule has 1 heterocycles. The van der Waals surface area contributed by atoms with Crippen LogP contribution in [0.4, 0.5) is 0 Å². The predicted molar refractivity (Wildman–Crippen MR) is 56.9 cm³/mol. The summed E-state index contributed by atoms with van der Waals surface area (Å²) in [7, 11) is 0. The highest BCUT2D eigenvalue weighted by Crippen LogP contribution is 2.30. The number of hydrogen-bond acceptors (Lipinski definition) is 1. The average Bonchev–Trinajstić information content (AvgIpc) is 2.61. The normalized spacial score (nSPS) is 19.5. The van der Waals surface area contributed by atoms with E-state index >= 15 is 0 Å². The Morgan fingerprint density at radius 3 is 2.15 bits per heavy atom.